The molecule has 8 nitrogen and oxygen atoms in total. The second-order valence-corrected chi connectivity index (χ2v) is 7.97. The van der Waals surface area contributed by atoms with E-state index in [1.54, 1.807) is 20.8 Å². The van der Waals surface area contributed by atoms with Gasteiger partial charge < -0.3 is 20.7 Å². The molecule has 31 heavy (non-hydrogen) atoms. The van der Waals surface area contributed by atoms with Crippen molar-refractivity contribution >= 4 is 36.0 Å². The van der Waals surface area contributed by atoms with Crippen molar-refractivity contribution < 1.29 is 22.7 Å². The van der Waals surface area contributed by atoms with Crippen LogP contribution in [0.3, 0.4) is 0 Å². The Morgan fingerprint density at radius 2 is 1.94 bits per heavy atom. The van der Waals surface area contributed by atoms with Crippen LogP contribution in [0.4, 0.5) is 18.0 Å². The molecule has 0 bridgehead atoms. The molecule has 0 aliphatic heterocycles. The normalized spacial score (nSPS) is 13.3. The Morgan fingerprint density at radius 3 is 2.45 bits per heavy atom. The maximum Gasteiger partial charge on any atom is 0.435 e. The number of alkyl carbamates (subject to hydrolysis) is 1. The van der Waals surface area contributed by atoms with Gasteiger partial charge in [0.15, 0.2) is 11.7 Å². The molecule has 0 aliphatic rings. The lowest BCUT2D eigenvalue weighted by Crippen LogP contribution is -2.48. The Balaban J connectivity index is 0.00000900. The van der Waals surface area contributed by atoms with Gasteiger partial charge in [-0.25, -0.2) is 4.79 Å². The maximum atomic E-state index is 13.1. The third-order valence-corrected chi connectivity index (χ3v) is 3.98. The number of nitrogens with zero attached hydrogens (tertiary/aromatic N) is 3. The summed E-state index contributed by atoms with van der Waals surface area (Å²) in [5, 5.41) is 12.2. The van der Waals surface area contributed by atoms with Gasteiger partial charge in [-0.15, -0.1) is 24.0 Å². The van der Waals surface area contributed by atoms with Crippen LogP contribution in [0.2, 0.25) is 0 Å². The summed E-state index contributed by atoms with van der Waals surface area (Å²) in [4.78, 5) is 16.0. The van der Waals surface area contributed by atoms with E-state index in [-0.39, 0.29) is 48.7 Å². The molecule has 0 aromatic carbocycles. The van der Waals surface area contributed by atoms with E-state index < -0.39 is 23.6 Å². The molecule has 0 spiro atoms. The number of guanidine groups is 1. The van der Waals surface area contributed by atoms with Gasteiger partial charge >= 0.3 is 12.3 Å². The fourth-order valence-corrected chi connectivity index (χ4v) is 2.67. The SMILES string of the molecule is CCCCC(CNC(=O)OC(C)(C)C)NC(=NC)NCc1cn(C)nc1C(F)(F)F.I. The highest BCUT2D eigenvalue weighted by molar-refractivity contribution is 14.0. The predicted molar refractivity (Wildman–Crippen MR) is 125 cm³/mol. The molecular formula is C19H34F3IN6O2. The summed E-state index contributed by atoms with van der Waals surface area (Å²) in [5.74, 6) is 0.332. The fraction of sp³-hybridized carbons (Fsp3) is 0.737. The molecule has 0 saturated heterocycles. The molecule has 0 fully saturated rings. The van der Waals surface area contributed by atoms with Gasteiger partial charge in [-0.1, -0.05) is 19.8 Å². The highest BCUT2D eigenvalue weighted by Crippen LogP contribution is 2.30. The number of hydrogen-bond acceptors (Lipinski definition) is 4. The first kappa shape index (κ1) is 29.3. The van der Waals surface area contributed by atoms with E-state index in [9.17, 15) is 18.0 Å². The zero-order valence-corrected chi connectivity index (χ0v) is 21.2. The van der Waals surface area contributed by atoms with Crippen molar-refractivity contribution in [2.75, 3.05) is 13.6 Å². The molecule has 1 aromatic rings. The smallest absolute Gasteiger partial charge is 0.435 e. The van der Waals surface area contributed by atoms with Gasteiger partial charge in [0.05, 0.1) is 0 Å². The van der Waals surface area contributed by atoms with Gasteiger partial charge in [0.25, 0.3) is 0 Å². The van der Waals surface area contributed by atoms with Crippen molar-refractivity contribution in [1.82, 2.24) is 25.7 Å². The number of nitrogens with one attached hydrogen (secondary N) is 3. The maximum absolute atomic E-state index is 13.1. The Bertz CT molecular complexity index is 716. The molecule has 0 saturated carbocycles. The molecule has 3 N–H and O–H groups in total. The number of alkyl halides is 3. The summed E-state index contributed by atoms with van der Waals surface area (Å²) >= 11 is 0. The monoisotopic (exact) mass is 562 g/mol. The van der Waals surface area contributed by atoms with E-state index in [1.807, 2.05) is 6.92 Å². The minimum absolute atomic E-state index is 0. The third-order valence-electron chi connectivity index (χ3n) is 3.98. The molecule has 0 aliphatic carbocycles. The minimum Gasteiger partial charge on any atom is -0.444 e. The Kier molecular flexibility index (Phi) is 12.2. The summed E-state index contributed by atoms with van der Waals surface area (Å²) in [6, 6.07) is -0.167. The number of aliphatic imine (C=N–C) groups is 1. The van der Waals surface area contributed by atoms with Gasteiger partial charge in [-0.3, -0.25) is 9.67 Å². The van der Waals surface area contributed by atoms with Crippen LogP contribution in [0.5, 0.6) is 0 Å². The number of carbonyl (C=O) groups excluding carboxylic acids is 1. The van der Waals surface area contributed by atoms with Crippen molar-refractivity contribution in [3.63, 3.8) is 0 Å². The first-order valence-electron chi connectivity index (χ1n) is 9.89. The second-order valence-electron chi connectivity index (χ2n) is 7.97. The summed E-state index contributed by atoms with van der Waals surface area (Å²) < 4.78 is 45.7. The molecule has 0 radical (unpaired) electrons. The Morgan fingerprint density at radius 1 is 1.29 bits per heavy atom. The first-order chi connectivity index (χ1) is 13.9. The summed E-state index contributed by atoms with van der Waals surface area (Å²) in [6.45, 7) is 7.57. The second kappa shape index (κ2) is 13.0. The van der Waals surface area contributed by atoms with Crippen LogP contribution in [0.25, 0.3) is 0 Å². The number of aryl methyl sites for hydroxylation is 1. The van der Waals surface area contributed by atoms with Gasteiger partial charge in [0.2, 0.25) is 0 Å². The largest absolute Gasteiger partial charge is 0.444 e. The van der Waals surface area contributed by atoms with E-state index in [0.717, 1.165) is 23.9 Å². The lowest BCUT2D eigenvalue weighted by Gasteiger charge is -2.24. The summed E-state index contributed by atoms with van der Waals surface area (Å²) in [7, 11) is 2.97. The van der Waals surface area contributed by atoms with Gasteiger partial charge in [-0.2, -0.15) is 18.3 Å². The minimum atomic E-state index is -4.53. The average molecular weight is 562 g/mol. The van der Waals surface area contributed by atoms with E-state index in [0.29, 0.717) is 5.96 Å². The first-order valence-corrected chi connectivity index (χ1v) is 9.89. The number of halogens is 4. The molecule has 1 aromatic heterocycles. The van der Waals surface area contributed by atoms with Crippen LogP contribution in [-0.4, -0.2) is 47.1 Å². The van der Waals surface area contributed by atoms with E-state index in [2.05, 4.69) is 26.0 Å². The zero-order valence-electron chi connectivity index (χ0n) is 18.9. The fourth-order valence-electron chi connectivity index (χ4n) is 2.67. The average Bonchev–Trinajstić information content (AvgIpc) is 3.00. The van der Waals surface area contributed by atoms with Crippen molar-refractivity contribution in [3.05, 3.63) is 17.5 Å². The summed E-state index contributed by atoms with van der Waals surface area (Å²) in [5.41, 5.74) is -1.51. The Hall–Kier alpha value is -1.73. The van der Waals surface area contributed by atoms with Gasteiger partial charge in [0.1, 0.15) is 5.60 Å². The van der Waals surface area contributed by atoms with Crippen LogP contribution in [-0.2, 0) is 24.5 Å². The lowest BCUT2D eigenvalue weighted by atomic mass is 10.1. The summed E-state index contributed by atoms with van der Waals surface area (Å²) in [6.07, 6.45) is -1.13. The number of amides is 1. The van der Waals surface area contributed by atoms with E-state index in [1.165, 1.54) is 20.3 Å². The topological polar surface area (TPSA) is 92.6 Å². The lowest BCUT2D eigenvalue weighted by molar-refractivity contribution is -0.142. The number of carbonyl (C=O) groups is 1. The molecule has 180 valence electrons. The van der Waals surface area contributed by atoms with E-state index >= 15 is 0 Å². The highest BCUT2D eigenvalue weighted by atomic mass is 127. The molecule has 1 atom stereocenters. The van der Waals surface area contributed by atoms with Gasteiger partial charge in [-0.05, 0) is 27.2 Å². The molecule has 1 amide bonds. The zero-order chi connectivity index (χ0) is 22.9. The quantitative estimate of drug-likeness (QED) is 0.255. The van der Waals surface area contributed by atoms with Crippen molar-refractivity contribution in [2.45, 2.75) is 71.3 Å². The molecule has 1 rings (SSSR count). The van der Waals surface area contributed by atoms with Crippen molar-refractivity contribution in [1.29, 1.82) is 0 Å². The van der Waals surface area contributed by atoms with Crippen molar-refractivity contribution in [2.24, 2.45) is 12.0 Å². The van der Waals surface area contributed by atoms with Gasteiger partial charge in [0, 0.05) is 45.0 Å². The number of unbranched alkanes of at least 4 members (excludes halogenated alkanes) is 1. The number of rotatable bonds is 8. The van der Waals surface area contributed by atoms with Crippen LogP contribution in [0.1, 0.15) is 58.2 Å². The highest BCUT2D eigenvalue weighted by Gasteiger charge is 2.36. The molecule has 1 heterocycles. The standard InChI is InChI=1S/C19H33F3N6O2.HI/c1-7-8-9-14(11-25-17(29)30-18(2,3)4)26-16(23-5)24-10-13-12-28(6)27-15(13)19(20,21)22;/h12,14H,7-11H2,1-6H3,(H,25,29)(H2,23,24,26);1H. The van der Waals surface area contributed by atoms with Crippen LogP contribution in [0, 0.1) is 0 Å². The number of hydrogen-bond donors (Lipinski definition) is 3. The predicted octanol–water partition coefficient (Wildman–Crippen LogP) is 3.81. The van der Waals surface area contributed by atoms with Crippen LogP contribution in [0.15, 0.2) is 11.2 Å². The molecule has 1 unspecified atom stereocenters. The number of aromatic nitrogens is 2. The Labute approximate surface area is 198 Å². The van der Waals surface area contributed by atoms with Crippen LogP contribution < -0.4 is 16.0 Å². The molecular weight excluding hydrogens is 528 g/mol. The van der Waals surface area contributed by atoms with E-state index in [4.69, 9.17) is 4.74 Å². The van der Waals surface area contributed by atoms with Crippen LogP contribution >= 0.6 is 24.0 Å². The molecule has 12 heteroatoms. The van der Waals surface area contributed by atoms with Crippen molar-refractivity contribution in [3.8, 4) is 0 Å². The number of ether oxygens (including phenoxy) is 1. The third kappa shape index (κ3) is 11.5.